The lowest BCUT2D eigenvalue weighted by Gasteiger charge is -2.33. The summed E-state index contributed by atoms with van der Waals surface area (Å²) in [5.74, 6) is -0.262. The lowest BCUT2D eigenvalue weighted by Crippen LogP contribution is -2.41. The number of carbonyl (C=O) groups excluding carboxylic acids is 2. The van der Waals surface area contributed by atoms with E-state index < -0.39 is 0 Å². The number of benzene rings is 1. The van der Waals surface area contributed by atoms with Gasteiger partial charge in [0.15, 0.2) is 5.78 Å². The molecule has 0 radical (unpaired) electrons. The topological polar surface area (TPSA) is 63.4 Å². The number of piperidine rings is 1. The fourth-order valence-corrected chi connectivity index (χ4v) is 2.37. The Hall–Kier alpha value is -1.84. The van der Waals surface area contributed by atoms with E-state index in [1.165, 1.54) is 0 Å². The average Bonchev–Trinajstić information content (AvgIpc) is 2.39. The van der Waals surface area contributed by atoms with Gasteiger partial charge in [-0.1, -0.05) is 12.1 Å². The first-order chi connectivity index (χ1) is 8.58. The van der Waals surface area contributed by atoms with Gasteiger partial charge in [-0.2, -0.15) is 0 Å². The van der Waals surface area contributed by atoms with Crippen LogP contribution in [0.5, 0.6) is 0 Å². The Balaban J connectivity index is 2.18. The van der Waals surface area contributed by atoms with Gasteiger partial charge in [-0.15, -0.1) is 0 Å². The SMILES string of the molecule is CC(=O)c1cccc(N2CCCC(C(N)=O)C2)c1. The van der Waals surface area contributed by atoms with Gasteiger partial charge in [0, 0.05) is 24.3 Å². The highest BCUT2D eigenvalue weighted by atomic mass is 16.1. The van der Waals surface area contributed by atoms with E-state index in [2.05, 4.69) is 4.90 Å². The summed E-state index contributed by atoms with van der Waals surface area (Å²) >= 11 is 0. The van der Waals surface area contributed by atoms with Crippen molar-refractivity contribution in [1.82, 2.24) is 0 Å². The van der Waals surface area contributed by atoms with Crippen LogP contribution in [0.15, 0.2) is 24.3 Å². The van der Waals surface area contributed by atoms with Crippen molar-refractivity contribution in [3.63, 3.8) is 0 Å². The molecule has 4 nitrogen and oxygen atoms in total. The minimum Gasteiger partial charge on any atom is -0.371 e. The number of hydrogen-bond donors (Lipinski definition) is 1. The predicted molar refractivity (Wildman–Crippen MR) is 70.6 cm³/mol. The van der Waals surface area contributed by atoms with Crippen molar-refractivity contribution in [1.29, 1.82) is 0 Å². The Bertz CT molecular complexity index is 471. The highest BCUT2D eigenvalue weighted by molar-refractivity contribution is 5.95. The van der Waals surface area contributed by atoms with Crippen molar-refractivity contribution in [2.24, 2.45) is 11.7 Å². The van der Waals surface area contributed by atoms with Gasteiger partial charge in [0.2, 0.25) is 5.91 Å². The number of nitrogens with two attached hydrogens (primary N) is 1. The monoisotopic (exact) mass is 246 g/mol. The van der Waals surface area contributed by atoms with E-state index in [9.17, 15) is 9.59 Å². The zero-order valence-electron chi connectivity index (χ0n) is 10.6. The van der Waals surface area contributed by atoms with Gasteiger partial charge in [-0.05, 0) is 31.9 Å². The third-order valence-electron chi connectivity index (χ3n) is 3.44. The van der Waals surface area contributed by atoms with Gasteiger partial charge in [0.25, 0.3) is 0 Å². The molecule has 1 heterocycles. The normalized spacial score (nSPS) is 19.6. The van der Waals surface area contributed by atoms with Crippen LogP contribution in [0.2, 0.25) is 0 Å². The number of nitrogens with zero attached hydrogens (tertiary/aromatic N) is 1. The van der Waals surface area contributed by atoms with Crippen LogP contribution in [0.4, 0.5) is 5.69 Å². The van der Waals surface area contributed by atoms with Crippen LogP contribution in [0.1, 0.15) is 30.1 Å². The predicted octanol–water partition coefficient (Wildman–Crippen LogP) is 1.59. The van der Waals surface area contributed by atoms with Crippen LogP contribution >= 0.6 is 0 Å². The van der Waals surface area contributed by atoms with E-state index in [-0.39, 0.29) is 17.6 Å². The Morgan fingerprint density at radius 2 is 2.17 bits per heavy atom. The number of amides is 1. The van der Waals surface area contributed by atoms with E-state index in [0.717, 1.165) is 25.1 Å². The van der Waals surface area contributed by atoms with E-state index in [4.69, 9.17) is 5.73 Å². The van der Waals surface area contributed by atoms with Gasteiger partial charge in [-0.3, -0.25) is 9.59 Å². The molecule has 0 aliphatic carbocycles. The van der Waals surface area contributed by atoms with Crippen molar-refractivity contribution >= 4 is 17.4 Å². The lowest BCUT2D eigenvalue weighted by molar-refractivity contribution is -0.122. The molecule has 1 aromatic rings. The molecule has 0 bridgehead atoms. The second-order valence-electron chi connectivity index (χ2n) is 4.79. The number of rotatable bonds is 3. The zero-order chi connectivity index (χ0) is 13.1. The van der Waals surface area contributed by atoms with E-state index in [0.29, 0.717) is 12.1 Å². The molecule has 2 rings (SSSR count). The summed E-state index contributed by atoms with van der Waals surface area (Å²) < 4.78 is 0. The molecule has 96 valence electrons. The maximum absolute atomic E-state index is 11.4. The molecule has 1 aliphatic rings. The second kappa shape index (κ2) is 5.21. The number of Topliss-reactive ketones (excluding diaryl/α,β-unsaturated/α-hetero) is 1. The van der Waals surface area contributed by atoms with Crippen molar-refractivity contribution in [2.45, 2.75) is 19.8 Å². The molecule has 1 amide bonds. The quantitative estimate of drug-likeness (QED) is 0.824. The molecule has 0 saturated carbocycles. The largest absolute Gasteiger partial charge is 0.371 e. The number of carbonyl (C=O) groups is 2. The minimum absolute atomic E-state index is 0.0558. The van der Waals surface area contributed by atoms with Gasteiger partial charge in [0.05, 0.1) is 5.92 Å². The number of ketones is 1. The van der Waals surface area contributed by atoms with Crippen LogP contribution in [0.3, 0.4) is 0 Å². The molecule has 1 atom stereocenters. The van der Waals surface area contributed by atoms with Crippen LogP contribution in [0.25, 0.3) is 0 Å². The third kappa shape index (κ3) is 2.70. The number of anilines is 1. The van der Waals surface area contributed by atoms with Gasteiger partial charge < -0.3 is 10.6 Å². The van der Waals surface area contributed by atoms with Gasteiger partial charge in [-0.25, -0.2) is 0 Å². The Morgan fingerprint density at radius 1 is 1.39 bits per heavy atom. The molecule has 4 heteroatoms. The Labute approximate surface area is 107 Å². The molecular formula is C14H18N2O2. The average molecular weight is 246 g/mol. The standard InChI is InChI=1S/C14H18N2O2/c1-10(17)11-4-2-6-13(8-11)16-7-3-5-12(9-16)14(15)18/h2,4,6,8,12H,3,5,7,9H2,1H3,(H2,15,18). The molecule has 2 N–H and O–H groups in total. The molecule has 0 spiro atoms. The molecule has 1 fully saturated rings. The summed E-state index contributed by atoms with van der Waals surface area (Å²) in [7, 11) is 0. The number of hydrogen-bond acceptors (Lipinski definition) is 3. The molecular weight excluding hydrogens is 228 g/mol. The summed E-state index contributed by atoms with van der Waals surface area (Å²) in [5, 5.41) is 0. The Morgan fingerprint density at radius 3 is 2.83 bits per heavy atom. The summed E-state index contributed by atoms with van der Waals surface area (Å²) in [6.07, 6.45) is 1.82. The van der Waals surface area contributed by atoms with Crippen LogP contribution in [0, 0.1) is 5.92 Å². The zero-order valence-corrected chi connectivity index (χ0v) is 10.6. The Kier molecular flexibility index (Phi) is 3.65. The molecule has 1 aliphatic heterocycles. The summed E-state index contributed by atoms with van der Waals surface area (Å²) in [6.45, 7) is 3.11. The fourth-order valence-electron chi connectivity index (χ4n) is 2.37. The molecule has 1 saturated heterocycles. The first-order valence-corrected chi connectivity index (χ1v) is 6.23. The summed E-state index contributed by atoms with van der Waals surface area (Å²) in [5.41, 5.74) is 7.06. The second-order valence-corrected chi connectivity index (χ2v) is 4.79. The summed E-state index contributed by atoms with van der Waals surface area (Å²) in [6, 6.07) is 7.53. The van der Waals surface area contributed by atoms with Crippen LogP contribution in [-0.2, 0) is 4.79 Å². The van der Waals surface area contributed by atoms with E-state index >= 15 is 0 Å². The molecule has 18 heavy (non-hydrogen) atoms. The first kappa shape index (κ1) is 12.6. The highest BCUT2D eigenvalue weighted by Gasteiger charge is 2.24. The van der Waals surface area contributed by atoms with Crippen molar-refractivity contribution in [2.75, 3.05) is 18.0 Å². The van der Waals surface area contributed by atoms with Crippen LogP contribution < -0.4 is 10.6 Å². The van der Waals surface area contributed by atoms with Crippen molar-refractivity contribution in [3.05, 3.63) is 29.8 Å². The van der Waals surface area contributed by atoms with Gasteiger partial charge in [0.1, 0.15) is 0 Å². The van der Waals surface area contributed by atoms with E-state index in [1.54, 1.807) is 13.0 Å². The molecule has 1 unspecified atom stereocenters. The van der Waals surface area contributed by atoms with Crippen molar-refractivity contribution in [3.8, 4) is 0 Å². The molecule has 0 aromatic heterocycles. The maximum Gasteiger partial charge on any atom is 0.222 e. The van der Waals surface area contributed by atoms with Crippen molar-refractivity contribution < 1.29 is 9.59 Å². The molecule has 1 aromatic carbocycles. The minimum atomic E-state index is -0.234. The van der Waals surface area contributed by atoms with Crippen LogP contribution in [-0.4, -0.2) is 24.8 Å². The highest BCUT2D eigenvalue weighted by Crippen LogP contribution is 2.24. The maximum atomic E-state index is 11.4. The number of primary amides is 1. The van der Waals surface area contributed by atoms with Gasteiger partial charge >= 0.3 is 0 Å². The third-order valence-corrected chi connectivity index (χ3v) is 3.44. The van der Waals surface area contributed by atoms with E-state index in [1.807, 2.05) is 18.2 Å². The first-order valence-electron chi connectivity index (χ1n) is 6.23. The smallest absolute Gasteiger partial charge is 0.222 e. The lowest BCUT2D eigenvalue weighted by atomic mass is 9.96. The summed E-state index contributed by atoms with van der Waals surface area (Å²) in [4.78, 5) is 24.7. The fraction of sp³-hybridized carbons (Fsp3) is 0.429.